The Hall–Kier alpha value is -2.94. The molecule has 8 heteroatoms. The van der Waals surface area contributed by atoms with Gasteiger partial charge in [0.25, 0.3) is 0 Å². The zero-order chi connectivity index (χ0) is 26.5. The van der Waals surface area contributed by atoms with Crippen molar-refractivity contribution in [3.05, 3.63) is 65.7 Å². The van der Waals surface area contributed by atoms with Crippen molar-refractivity contribution in [3.8, 4) is 0 Å². The van der Waals surface area contributed by atoms with E-state index < -0.39 is 22.8 Å². The maximum Gasteiger partial charge on any atom is 0.338 e. The van der Waals surface area contributed by atoms with Gasteiger partial charge >= 0.3 is 11.9 Å². The van der Waals surface area contributed by atoms with Crippen LogP contribution >= 0.6 is 0 Å². The number of esters is 2. The van der Waals surface area contributed by atoms with E-state index in [4.69, 9.17) is 14.2 Å². The number of hydrogen-bond acceptors (Lipinski definition) is 8. The van der Waals surface area contributed by atoms with Gasteiger partial charge in [-0.2, -0.15) is 0 Å². The maximum absolute atomic E-state index is 12.6. The van der Waals surface area contributed by atoms with E-state index in [0.717, 1.165) is 43.0 Å². The Kier molecular flexibility index (Phi) is 8.21. The number of methoxy groups -OCH3 is 1. The number of piperidine rings is 2. The molecule has 37 heavy (non-hydrogen) atoms. The Bertz CT molecular complexity index is 1050. The van der Waals surface area contributed by atoms with E-state index in [2.05, 4.69) is 22.3 Å². The molecule has 2 fully saturated rings. The molecule has 0 saturated carbocycles. The van der Waals surface area contributed by atoms with Crippen LogP contribution in [-0.2, 0) is 35.0 Å². The van der Waals surface area contributed by atoms with E-state index in [-0.39, 0.29) is 12.6 Å². The smallest absolute Gasteiger partial charge is 0.338 e. The molecule has 0 spiro atoms. The SMILES string of the molecule is COCC(=O)OC1(c2ccccc2)CCN(c2ccc(C3(OC(=O)C(C)(C)O)CCNCC3)cc2)CC1. The van der Waals surface area contributed by atoms with E-state index in [1.807, 2.05) is 42.5 Å². The largest absolute Gasteiger partial charge is 0.452 e. The Morgan fingerprint density at radius 1 is 0.892 bits per heavy atom. The Labute approximate surface area is 218 Å². The first kappa shape index (κ1) is 27.1. The van der Waals surface area contributed by atoms with Gasteiger partial charge in [0.05, 0.1) is 0 Å². The molecule has 2 aliphatic rings. The molecule has 0 radical (unpaired) electrons. The average Bonchev–Trinajstić information content (AvgIpc) is 2.90. The number of nitrogens with zero attached hydrogens (tertiary/aromatic N) is 1. The van der Waals surface area contributed by atoms with E-state index in [0.29, 0.717) is 25.7 Å². The van der Waals surface area contributed by atoms with Gasteiger partial charge in [0.1, 0.15) is 17.8 Å². The second-order valence-electron chi connectivity index (χ2n) is 10.5. The van der Waals surface area contributed by atoms with Gasteiger partial charge in [-0.3, -0.25) is 0 Å². The van der Waals surface area contributed by atoms with Crippen molar-refractivity contribution in [3.63, 3.8) is 0 Å². The lowest BCUT2D eigenvalue weighted by Gasteiger charge is -2.42. The number of rotatable bonds is 8. The quantitative estimate of drug-likeness (QED) is 0.523. The fourth-order valence-corrected chi connectivity index (χ4v) is 5.24. The third-order valence-corrected chi connectivity index (χ3v) is 7.40. The van der Waals surface area contributed by atoms with Crippen LogP contribution in [0.15, 0.2) is 54.6 Å². The first-order valence-electron chi connectivity index (χ1n) is 13.0. The Morgan fingerprint density at radius 3 is 2.03 bits per heavy atom. The molecule has 0 aliphatic carbocycles. The van der Waals surface area contributed by atoms with E-state index in [1.165, 1.54) is 21.0 Å². The van der Waals surface area contributed by atoms with Crippen LogP contribution in [0.3, 0.4) is 0 Å². The lowest BCUT2D eigenvalue weighted by atomic mass is 9.83. The summed E-state index contributed by atoms with van der Waals surface area (Å²) in [5, 5.41) is 13.5. The van der Waals surface area contributed by atoms with Crippen molar-refractivity contribution in [2.24, 2.45) is 0 Å². The molecule has 0 unspecified atom stereocenters. The third kappa shape index (κ3) is 6.14. The number of benzene rings is 2. The summed E-state index contributed by atoms with van der Waals surface area (Å²) in [5.41, 5.74) is -0.00999. The third-order valence-electron chi connectivity index (χ3n) is 7.40. The zero-order valence-corrected chi connectivity index (χ0v) is 22.0. The Morgan fingerprint density at radius 2 is 1.46 bits per heavy atom. The summed E-state index contributed by atoms with van der Waals surface area (Å²) < 4.78 is 16.9. The molecule has 2 aromatic carbocycles. The van der Waals surface area contributed by atoms with Crippen molar-refractivity contribution >= 4 is 17.6 Å². The lowest BCUT2D eigenvalue weighted by molar-refractivity contribution is -0.182. The van der Waals surface area contributed by atoms with Crippen molar-refractivity contribution in [2.45, 2.75) is 56.3 Å². The van der Waals surface area contributed by atoms with Gasteiger partial charge in [-0.05, 0) is 50.2 Å². The number of anilines is 1. The summed E-state index contributed by atoms with van der Waals surface area (Å²) in [7, 11) is 1.49. The minimum atomic E-state index is -1.55. The minimum Gasteiger partial charge on any atom is -0.452 e. The van der Waals surface area contributed by atoms with E-state index >= 15 is 0 Å². The predicted octanol–water partition coefficient (Wildman–Crippen LogP) is 3.26. The van der Waals surface area contributed by atoms with Crippen LogP contribution < -0.4 is 10.2 Å². The van der Waals surface area contributed by atoms with Crippen LogP contribution in [0.5, 0.6) is 0 Å². The number of carbonyl (C=O) groups is 2. The number of hydrogen-bond donors (Lipinski definition) is 2. The van der Waals surface area contributed by atoms with E-state index in [9.17, 15) is 14.7 Å². The summed E-state index contributed by atoms with van der Waals surface area (Å²) >= 11 is 0. The monoisotopic (exact) mass is 510 g/mol. The van der Waals surface area contributed by atoms with Crippen molar-refractivity contribution in [1.29, 1.82) is 0 Å². The molecule has 0 aromatic heterocycles. The minimum absolute atomic E-state index is 0.0743. The fourth-order valence-electron chi connectivity index (χ4n) is 5.24. The summed E-state index contributed by atoms with van der Waals surface area (Å²) in [6.07, 6.45) is 2.61. The second kappa shape index (κ2) is 11.2. The summed E-state index contributed by atoms with van der Waals surface area (Å²) in [6.45, 7) is 5.73. The Balaban J connectivity index is 1.50. The van der Waals surface area contributed by atoms with Crippen LogP contribution in [0.25, 0.3) is 0 Å². The standard InChI is InChI=1S/C29H38N2O6/c1-27(2,34)26(33)37-28(13-17-30-18-14-28)23-9-11-24(12-10-23)31-19-15-29(16-20-31,36-25(32)21-35-3)22-7-5-4-6-8-22/h4-12,30,34H,13-21H2,1-3H3. The highest BCUT2D eigenvalue weighted by Crippen LogP contribution is 2.40. The lowest BCUT2D eigenvalue weighted by Crippen LogP contribution is -2.47. The second-order valence-corrected chi connectivity index (χ2v) is 10.5. The highest BCUT2D eigenvalue weighted by atomic mass is 16.6. The normalized spacial score (nSPS) is 19.2. The molecule has 2 heterocycles. The first-order chi connectivity index (χ1) is 17.7. The van der Waals surface area contributed by atoms with Gasteiger partial charge in [-0.1, -0.05) is 42.5 Å². The molecule has 2 saturated heterocycles. The molecule has 0 bridgehead atoms. The van der Waals surface area contributed by atoms with E-state index in [1.54, 1.807) is 0 Å². The van der Waals surface area contributed by atoms with Gasteiger partial charge in [-0.25, -0.2) is 9.59 Å². The summed E-state index contributed by atoms with van der Waals surface area (Å²) in [6, 6.07) is 18.1. The van der Waals surface area contributed by atoms with Gasteiger partial charge in [0.15, 0.2) is 5.60 Å². The molecule has 8 nitrogen and oxygen atoms in total. The molecule has 2 aromatic rings. The number of ether oxygens (including phenoxy) is 3. The van der Waals surface area contributed by atoms with Gasteiger partial charge < -0.3 is 29.5 Å². The van der Waals surface area contributed by atoms with Crippen LogP contribution in [0.1, 0.15) is 50.7 Å². The van der Waals surface area contributed by atoms with Crippen LogP contribution in [0.4, 0.5) is 5.69 Å². The van der Waals surface area contributed by atoms with Crippen LogP contribution in [-0.4, -0.2) is 62.5 Å². The maximum atomic E-state index is 12.6. The summed E-state index contributed by atoms with van der Waals surface area (Å²) in [5.74, 6) is -0.980. The average molecular weight is 511 g/mol. The van der Waals surface area contributed by atoms with Gasteiger partial charge in [0.2, 0.25) is 0 Å². The van der Waals surface area contributed by atoms with Gasteiger partial charge in [0, 0.05) is 51.6 Å². The first-order valence-corrected chi connectivity index (χ1v) is 13.0. The highest BCUT2D eigenvalue weighted by Gasteiger charge is 2.42. The van der Waals surface area contributed by atoms with Crippen molar-refractivity contribution in [1.82, 2.24) is 5.32 Å². The molecule has 200 valence electrons. The molecular weight excluding hydrogens is 472 g/mol. The predicted molar refractivity (Wildman–Crippen MR) is 140 cm³/mol. The molecule has 0 amide bonds. The zero-order valence-electron chi connectivity index (χ0n) is 22.0. The molecule has 2 N–H and O–H groups in total. The van der Waals surface area contributed by atoms with Gasteiger partial charge in [-0.15, -0.1) is 0 Å². The highest BCUT2D eigenvalue weighted by molar-refractivity contribution is 5.78. The van der Waals surface area contributed by atoms with Crippen molar-refractivity contribution < 1.29 is 28.9 Å². The van der Waals surface area contributed by atoms with Crippen molar-refractivity contribution in [2.75, 3.05) is 44.8 Å². The number of nitrogens with one attached hydrogen (secondary N) is 1. The molecule has 2 aliphatic heterocycles. The molecular formula is C29H38N2O6. The molecule has 4 rings (SSSR count). The number of carbonyl (C=O) groups excluding carboxylic acids is 2. The summed E-state index contributed by atoms with van der Waals surface area (Å²) in [4.78, 5) is 27.2. The van der Waals surface area contributed by atoms with Crippen LogP contribution in [0.2, 0.25) is 0 Å². The topological polar surface area (TPSA) is 97.3 Å². The number of aliphatic hydroxyl groups is 1. The molecule has 0 atom stereocenters. The van der Waals surface area contributed by atoms with Crippen LogP contribution in [0, 0.1) is 0 Å². The fraction of sp³-hybridized carbons (Fsp3) is 0.517.